The second-order valence-corrected chi connectivity index (χ2v) is 6.64. The first-order valence-corrected chi connectivity index (χ1v) is 9.38. The van der Waals surface area contributed by atoms with Gasteiger partial charge in [-0.15, -0.1) is 0 Å². The summed E-state index contributed by atoms with van der Waals surface area (Å²) in [5.74, 6) is 0.642. The summed E-state index contributed by atoms with van der Waals surface area (Å²) >= 11 is 7.39. The molecule has 1 N–H and O–H groups in total. The standard InChI is InChI=1S/C19H16ClN3O2S/c1-12-9-17(23-19(21-12)26-2)22-15-7-4-8-16(11-15)25-18(24)13-5-3-6-14(20)10-13/h3-11H,1-2H3,(H,21,22,23). The lowest BCUT2D eigenvalue weighted by Crippen LogP contribution is -2.08. The molecule has 0 bridgehead atoms. The second-order valence-electron chi connectivity index (χ2n) is 5.43. The van der Waals surface area contributed by atoms with E-state index < -0.39 is 5.97 Å². The molecule has 0 atom stereocenters. The number of anilines is 2. The fourth-order valence-corrected chi connectivity index (χ4v) is 2.88. The fraction of sp³-hybridized carbons (Fsp3) is 0.105. The van der Waals surface area contributed by atoms with E-state index in [2.05, 4.69) is 15.3 Å². The predicted molar refractivity (Wildman–Crippen MR) is 105 cm³/mol. The number of carbonyl (C=O) groups is 1. The molecule has 0 saturated heterocycles. The smallest absolute Gasteiger partial charge is 0.343 e. The number of benzene rings is 2. The molecular formula is C19H16ClN3O2S. The average molecular weight is 386 g/mol. The van der Waals surface area contributed by atoms with Gasteiger partial charge in [0.1, 0.15) is 11.6 Å². The van der Waals surface area contributed by atoms with E-state index in [9.17, 15) is 4.79 Å². The fourth-order valence-electron chi connectivity index (χ4n) is 2.26. The van der Waals surface area contributed by atoms with Crippen molar-refractivity contribution < 1.29 is 9.53 Å². The molecule has 0 fully saturated rings. The molecule has 0 aliphatic rings. The maximum Gasteiger partial charge on any atom is 0.343 e. The Labute approximate surface area is 160 Å². The van der Waals surface area contributed by atoms with Crippen LogP contribution in [0, 0.1) is 6.92 Å². The van der Waals surface area contributed by atoms with Crippen LogP contribution in [0.2, 0.25) is 5.02 Å². The highest BCUT2D eigenvalue weighted by molar-refractivity contribution is 7.98. The van der Waals surface area contributed by atoms with Crippen LogP contribution in [0.4, 0.5) is 11.5 Å². The SMILES string of the molecule is CSc1nc(C)cc(Nc2cccc(OC(=O)c3cccc(Cl)c3)c2)n1. The highest BCUT2D eigenvalue weighted by Gasteiger charge is 2.10. The van der Waals surface area contributed by atoms with Crippen LogP contribution in [-0.2, 0) is 0 Å². The van der Waals surface area contributed by atoms with E-state index >= 15 is 0 Å². The number of esters is 1. The first-order valence-electron chi connectivity index (χ1n) is 7.78. The summed E-state index contributed by atoms with van der Waals surface area (Å²) in [6, 6.07) is 15.6. The van der Waals surface area contributed by atoms with Gasteiger partial charge in [-0.3, -0.25) is 0 Å². The number of rotatable bonds is 5. The van der Waals surface area contributed by atoms with Crippen molar-refractivity contribution in [2.24, 2.45) is 0 Å². The molecule has 0 spiro atoms. The minimum atomic E-state index is -0.466. The third kappa shape index (κ3) is 4.74. The monoisotopic (exact) mass is 385 g/mol. The summed E-state index contributed by atoms with van der Waals surface area (Å²) < 4.78 is 5.43. The van der Waals surface area contributed by atoms with E-state index in [-0.39, 0.29) is 0 Å². The van der Waals surface area contributed by atoms with Crippen molar-refractivity contribution in [1.29, 1.82) is 0 Å². The van der Waals surface area contributed by atoms with Crippen LogP contribution in [0.25, 0.3) is 0 Å². The molecule has 3 aromatic rings. The van der Waals surface area contributed by atoms with Crippen LogP contribution in [-0.4, -0.2) is 22.2 Å². The van der Waals surface area contributed by atoms with Crippen molar-refractivity contribution in [1.82, 2.24) is 9.97 Å². The van der Waals surface area contributed by atoms with E-state index in [1.54, 1.807) is 42.5 Å². The third-order valence-corrected chi connectivity index (χ3v) is 4.18. The van der Waals surface area contributed by atoms with Crippen LogP contribution in [0.15, 0.2) is 59.8 Å². The Kier molecular flexibility index (Phi) is 5.75. The van der Waals surface area contributed by atoms with E-state index in [4.69, 9.17) is 16.3 Å². The lowest BCUT2D eigenvalue weighted by atomic mass is 10.2. The number of halogens is 1. The van der Waals surface area contributed by atoms with Gasteiger partial charge in [-0.25, -0.2) is 14.8 Å². The van der Waals surface area contributed by atoms with Gasteiger partial charge in [0.25, 0.3) is 0 Å². The zero-order valence-electron chi connectivity index (χ0n) is 14.2. The number of nitrogens with zero attached hydrogens (tertiary/aromatic N) is 2. The maximum absolute atomic E-state index is 12.2. The summed E-state index contributed by atoms with van der Waals surface area (Å²) in [6.45, 7) is 1.91. The van der Waals surface area contributed by atoms with Crippen LogP contribution in [0.5, 0.6) is 5.75 Å². The van der Waals surface area contributed by atoms with Crippen molar-refractivity contribution in [3.05, 3.63) is 70.9 Å². The van der Waals surface area contributed by atoms with Gasteiger partial charge in [0.15, 0.2) is 5.16 Å². The molecule has 5 nitrogen and oxygen atoms in total. The number of hydrogen-bond donors (Lipinski definition) is 1. The average Bonchev–Trinajstić information content (AvgIpc) is 2.61. The Morgan fingerprint density at radius 2 is 1.92 bits per heavy atom. The molecule has 1 heterocycles. The number of hydrogen-bond acceptors (Lipinski definition) is 6. The van der Waals surface area contributed by atoms with Crippen LogP contribution in [0.1, 0.15) is 16.1 Å². The third-order valence-electron chi connectivity index (χ3n) is 3.39. The molecule has 1 aromatic heterocycles. The Hall–Kier alpha value is -2.57. The number of ether oxygens (including phenoxy) is 1. The highest BCUT2D eigenvalue weighted by Crippen LogP contribution is 2.23. The number of nitrogens with one attached hydrogen (secondary N) is 1. The lowest BCUT2D eigenvalue weighted by molar-refractivity contribution is 0.0735. The Morgan fingerprint density at radius 3 is 2.69 bits per heavy atom. The van der Waals surface area contributed by atoms with E-state index in [0.29, 0.717) is 27.3 Å². The van der Waals surface area contributed by atoms with Gasteiger partial charge in [-0.1, -0.05) is 35.5 Å². The zero-order chi connectivity index (χ0) is 18.5. The zero-order valence-corrected chi connectivity index (χ0v) is 15.8. The quantitative estimate of drug-likeness (QED) is 0.284. The molecule has 26 heavy (non-hydrogen) atoms. The van der Waals surface area contributed by atoms with Gasteiger partial charge >= 0.3 is 5.97 Å². The number of thioether (sulfide) groups is 1. The minimum absolute atomic E-state index is 0.395. The molecule has 0 aliphatic heterocycles. The molecule has 0 saturated carbocycles. The van der Waals surface area contributed by atoms with Gasteiger partial charge < -0.3 is 10.1 Å². The van der Waals surface area contributed by atoms with Gasteiger partial charge in [-0.2, -0.15) is 0 Å². The van der Waals surface area contributed by atoms with Gasteiger partial charge in [0, 0.05) is 28.5 Å². The van der Waals surface area contributed by atoms with Crippen LogP contribution >= 0.6 is 23.4 Å². The summed E-state index contributed by atoms with van der Waals surface area (Å²) in [5, 5.41) is 4.38. The van der Waals surface area contributed by atoms with Crippen molar-refractivity contribution in [3.63, 3.8) is 0 Å². The van der Waals surface area contributed by atoms with Gasteiger partial charge in [0.05, 0.1) is 5.56 Å². The maximum atomic E-state index is 12.2. The van der Waals surface area contributed by atoms with Crippen molar-refractivity contribution in [2.75, 3.05) is 11.6 Å². The number of carbonyl (C=O) groups excluding carboxylic acids is 1. The molecule has 2 aromatic carbocycles. The molecule has 0 unspecified atom stereocenters. The second kappa shape index (κ2) is 8.21. The number of aromatic nitrogens is 2. The molecule has 3 rings (SSSR count). The molecular weight excluding hydrogens is 370 g/mol. The Balaban J connectivity index is 1.76. The normalized spacial score (nSPS) is 10.4. The predicted octanol–water partition coefficient (Wildman–Crippen LogP) is 5.12. The van der Waals surface area contributed by atoms with Gasteiger partial charge in [0.2, 0.25) is 0 Å². The topological polar surface area (TPSA) is 64.1 Å². The highest BCUT2D eigenvalue weighted by atomic mass is 35.5. The largest absolute Gasteiger partial charge is 0.423 e. The summed E-state index contributed by atoms with van der Waals surface area (Å²) in [6.07, 6.45) is 1.93. The lowest BCUT2D eigenvalue weighted by Gasteiger charge is -2.10. The summed E-state index contributed by atoms with van der Waals surface area (Å²) in [5.41, 5.74) is 2.02. The van der Waals surface area contributed by atoms with E-state index in [1.165, 1.54) is 11.8 Å². The molecule has 0 amide bonds. The Bertz CT molecular complexity index is 950. The Morgan fingerprint density at radius 1 is 1.12 bits per heavy atom. The van der Waals surface area contributed by atoms with Crippen LogP contribution < -0.4 is 10.1 Å². The van der Waals surface area contributed by atoms with E-state index in [1.807, 2.05) is 25.3 Å². The van der Waals surface area contributed by atoms with E-state index in [0.717, 1.165) is 11.4 Å². The molecule has 0 radical (unpaired) electrons. The van der Waals surface area contributed by atoms with Crippen molar-refractivity contribution in [3.8, 4) is 5.75 Å². The summed E-state index contributed by atoms with van der Waals surface area (Å²) in [4.78, 5) is 21.0. The molecule has 132 valence electrons. The summed E-state index contributed by atoms with van der Waals surface area (Å²) in [7, 11) is 0. The van der Waals surface area contributed by atoms with Gasteiger partial charge in [-0.05, 0) is 43.5 Å². The minimum Gasteiger partial charge on any atom is -0.423 e. The first kappa shape index (κ1) is 18.2. The van der Waals surface area contributed by atoms with Crippen molar-refractivity contribution in [2.45, 2.75) is 12.1 Å². The van der Waals surface area contributed by atoms with Crippen molar-refractivity contribution >= 4 is 40.8 Å². The molecule has 0 aliphatic carbocycles. The number of aryl methyl sites for hydroxylation is 1. The molecule has 7 heteroatoms. The first-order chi connectivity index (χ1) is 12.5. The van der Waals surface area contributed by atoms with Crippen LogP contribution in [0.3, 0.4) is 0 Å².